The average molecular weight is 494 g/mol. The maximum Gasteiger partial charge on any atom is 0.337 e. The molecule has 180 valence electrons. The van der Waals surface area contributed by atoms with Gasteiger partial charge >= 0.3 is 11.9 Å². The molecule has 2 aromatic carbocycles. The molecule has 2 heterocycles. The SMILES string of the molecule is CCCn1c2ccccc2c2nnc(SCC(=O)Nc3cc(C(=O)OC)cc(C(=O)OC)c3)nc21. The second-order valence-electron chi connectivity index (χ2n) is 7.55. The third kappa shape index (κ3) is 5.09. The number of aryl methyl sites for hydroxylation is 1. The Morgan fingerprint density at radius 1 is 1.00 bits per heavy atom. The van der Waals surface area contributed by atoms with E-state index in [0.717, 1.165) is 46.8 Å². The summed E-state index contributed by atoms with van der Waals surface area (Å²) in [6, 6.07) is 12.1. The largest absolute Gasteiger partial charge is 0.465 e. The van der Waals surface area contributed by atoms with Crippen LogP contribution in [0.25, 0.3) is 22.1 Å². The molecule has 0 saturated carbocycles. The minimum Gasteiger partial charge on any atom is -0.465 e. The van der Waals surface area contributed by atoms with Crippen LogP contribution in [-0.2, 0) is 20.8 Å². The van der Waals surface area contributed by atoms with Crippen molar-refractivity contribution in [2.75, 3.05) is 25.3 Å². The van der Waals surface area contributed by atoms with Gasteiger partial charge in [-0.3, -0.25) is 4.79 Å². The Balaban J connectivity index is 1.53. The van der Waals surface area contributed by atoms with Crippen molar-refractivity contribution in [2.45, 2.75) is 25.0 Å². The van der Waals surface area contributed by atoms with Crippen molar-refractivity contribution >= 4 is 57.4 Å². The Morgan fingerprint density at radius 3 is 2.34 bits per heavy atom. The number of para-hydroxylation sites is 1. The van der Waals surface area contributed by atoms with Crippen LogP contribution in [0.3, 0.4) is 0 Å². The summed E-state index contributed by atoms with van der Waals surface area (Å²) in [5.74, 6) is -1.66. The highest BCUT2D eigenvalue weighted by molar-refractivity contribution is 7.99. The molecule has 35 heavy (non-hydrogen) atoms. The number of carbonyl (C=O) groups excluding carboxylic acids is 3. The predicted molar refractivity (Wildman–Crippen MR) is 132 cm³/mol. The summed E-state index contributed by atoms with van der Waals surface area (Å²) in [7, 11) is 2.46. The molecule has 11 heteroatoms. The van der Waals surface area contributed by atoms with E-state index in [0.29, 0.717) is 5.16 Å². The minimum atomic E-state index is -0.643. The fourth-order valence-electron chi connectivity index (χ4n) is 3.70. The summed E-state index contributed by atoms with van der Waals surface area (Å²) >= 11 is 1.14. The van der Waals surface area contributed by atoms with Crippen molar-refractivity contribution in [3.8, 4) is 0 Å². The van der Waals surface area contributed by atoms with Gasteiger partial charge in [0.25, 0.3) is 0 Å². The van der Waals surface area contributed by atoms with Gasteiger partial charge < -0.3 is 19.4 Å². The highest BCUT2D eigenvalue weighted by Crippen LogP contribution is 2.27. The van der Waals surface area contributed by atoms with Gasteiger partial charge in [-0.05, 0) is 30.7 Å². The summed E-state index contributed by atoms with van der Waals surface area (Å²) in [5, 5.41) is 12.6. The molecule has 0 radical (unpaired) electrons. The van der Waals surface area contributed by atoms with Crippen molar-refractivity contribution in [1.29, 1.82) is 0 Å². The van der Waals surface area contributed by atoms with Gasteiger partial charge in [-0.15, -0.1) is 10.2 Å². The summed E-state index contributed by atoms with van der Waals surface area (Å²) in [6.07, 6.45) is 0.931. The number of methoxy groups -OCH3 is 2. The highest BCUT2D eigenvalue weighted by Gasteiger charge is 2.17. The topological polar surface area (TPSA) is 125 Å². The first kappa shape index (κ1) is 24.1. The second-order valence-corrected chi connectivity index (χ2v) is 8.50. The van der Waals surface area contributed by atoms with Crippen molar-refractivity contribution in [2.24, 2.45) is 0 Å². The lowest BCUT2D eigenvalue weighted by Gasteiger charge is -2.09. The molecular formula is C24H23N5O5S. The van der Waals surface area contributed by atoms with Crippen molar-refractivity contribution < 1.29 is 23.9 Å². The number of ether oxygens (including phenoxy) is 2. The Kier molecular flexibility index (Phi) is 7.25. The maximum absolute atomic E-state index is 12.6. The van der Waals surface area contributed by atoms with Crippen LogP contribution in [0.15, 0.2) is 47.6 Å². The number of esters is 2. The third-order valence-electron chi connectivity index (χ3n) is 5.19. The van der Waals surface area contributed by atoms with Gasteiger partial charge in [-0.25, -0.2) is 14.6 Å². The number of aromatic nitrogens is 4. The molecule has 1 N–H and O–H groups in total. The van der Waals surface area contributed by atoms with E-state index in [9.17, 15) is 14.4 Å². The number of anilines is 1. The molecular weight excluding hydrogens is 470 g/mol. The zero-order chi connectivity index (χ0) is 24.9. The number of rotatable bonds is 8. The lowest BCUT2D eigenvalue weighted by atomic mass is 10.1. The Hall–Kier alpha value is -3.99. The van der Waals surface area contributed by atoms with Crippen LogP contribution in [0, 0.1) is 0 Å². The number of thioether (sulfide) groups is 1. The van der Waals surface area contributed by atoms with Crippen molar-refractivity contribution in [1.82, 2.24) is 19.7 Å². The van der Waals surface area contributed by atoms with Gasteiger partial charge in [-0.2, -0.15) is 0 Å². The monoisotopic (exact) mass is 493 g/mol. The molecule has 0 spiro atoms. The van der Waals surface area contributed by atoms with Gasteiger partial charge in [0.15, 0.2) is 5.65 Å². The summed E-state index contributed by atoms with van der Waals surface area (Å²) in [4.78, 5) is 41.2. The summed E-state index contributed by atoms with van der Waals surface area (Å²) in [6.45, 7) is 2.88. The lowest BCUT2D eigenvalue weighted by molar-refractivity contribution is -0.113. The van der Waals surface area contributed by atoms with Crippen molar-refractivity contribution in [3.63, 3.8) is 0 Å². The number of fused-ring (bicyclic) bond motifs is 3. The molecule has 0 bridgehead atoms. The van der Waals surface area contributed by atoms with Crippen LogP contribution >= 0.6 is 11.8 Å². The smallest absolute Gasteiger partial charge is 0.337 e. The van der Waals surface area contributed by atoms with E-state index in [-0.39, 0.29) is 28.5 Å². The Bertz CT molecular complexity index is 1400. The fourth-order valence-corrected chi connectivity index (χ4v) is 4.28. The Labute approximate surface area is 205 Å². The molecule has 0 aliphatic rings. The van der Waals surface area contributed by atoms with Crippen LogP contribution in [0.4, 0.5) is 5.69 Å². The van der Waals surface area contributed by atoms with Gasteiger partial charge in [0.2, 0.25) is 11.1 Å². The van der Waals surface area contributed by atoms with Crippen LogP contribution in [-0.4, -0.2) is 57.6 Å². The fraction of sp³-hybridized carbons (Fsp3) is 0.250. The van der Waals surface area contributed by atoms with Crippen molar-refractivity contribution in [3.05, 3.63) is 53.6 Å². The first-order chi connectivity index (χ1) is 16.9. The molecule has 0 unspecified atom stereocenters. The second kappa shape index (κ2) is 10.5. The van der Waals surface area contributed by atoms with Gasteiger partial charge in [0.05, 0.1) is 36.6 Å². The first-order valence-electron chi connectivity index (χ1n) is 10.8. The van der Waals surface area contributed by atoms with Crippen LogP contribution < -0.4 is 5.32 Å². The van der Waals surface area contributed by atoms with E-state index in [1.54, 1.807) is 0 Å². The van der Waals surface area contributed by atoms with Gasteiger partial charge in [0.1, 0.15) is 5.52 Å². The molecule has 10 nitrogen and oxygen atoms in total. The molecule has 1 amide bonds. The van der Waals surface area contributed by atoms with E-state index in [1.165, 1.54) is 32.4 Å². The number of benzene rings is 2. The normalized spacial score (nSPS) is 10.9. The molecule has 0 fully saturated rings. The zero-order valence-corrected chi connectivity index (χ0v) is 20.2. The molecule has 2 aromatic heterocycles. The molecule has 0 aliphatic heterocycles. The summed E-state index contributed by atoms with van der Waals surface area (Å²) < 4.78 is 11.5. The molecule has 4 aromatic rings. The predicted octanol–water partition coefficient (Wildman–Crippen LogP) is 3.69. The lowest BCUT2D eigenvalue weighted by Crippen LogP contribution is -2.16. The molecule has 0 aliphatic carbocycles. The number of nitrogens with zero attached hydrogens (tertiary/aromatic N) is 4. The van der Waals surface area contributed by atoms with E-state index >= 15 is 0 Å². The number of carbonyl (C=O) groups is 3. The van der Waals surface area contributed by atoms with Gasteiger partial charge in [-0.1, -0.05) is 36.9 Å². The van der Waals surface area contributed by atoms with Crippen LogP contribution in [0.1, 0.15) is 34.1 Å². The van der Waals surface area contributed by atoms with E-state index in [1.807, 2.05) is 24.3 Å². The minimum absolute atomic E-state index is 0.00278. The number of hydrogen-bond donors (Lipinski definition) is 1. The third-order valence-corrected chi connectivity index (χ3v) is 6.03. The molecule has 0 atom stereocenters. The average Bonchev–Trinajstić information content (AvgIpc) is 3.19. The van der Waals surface area contributed by atoms with E-state index < -0.39 is 11.9 Å². The maximum atomic E-state index is 12.6. The number of amides is 1. The molecule has 0 saturated heterocycles. The van der Waals surface area contributed by atoms with E-state index in [4.69, 9.17) is 9.47 Å². The number of hydrogen-bond acceptors (Lipinski definition) is 9. The highest BCUT2D eigenvalue weighted by atomic mass is 32.2. The van der Waals surface area contributed by atoms with E-state index in [2.05, 4.69) is 32.0 Å². The zero-order valence-electron chi connectivity index (χ0n) is 19.4. The van der Waals surface area contributed by atoms with Crippen LogP contribution in [0.2, 0.25) is 0 Å². The van der Waals surface area contributed by atoms with Gasteiger partial charge in [0, 0.05) is 17.6 Å². The standard InChI is InChI=1S/C24H23N5O5S/c1-4-9-29-18-8-6-5-7-17(18)20-21(29)26-24(28-27-20)35-13-19(30)25-16-11-14(22(31)33-2)10-15(12-16)23(32)34-3/h5-8,10-12H,4,9,13H2,1-3H3,(H,25,30). The molecule has 4 rings (SSSR count). The summed E-state index contributed by atoms with van der Waals surface area (Å²) in [5.41, 5.74) is 2.96. The quantitative estimate of drug-likeness (QED) is 0.289. The number of nitrogens with one attached hydrogen (secondary N) is 1. The Morgan fingerprint density at radius 2 is 1.69 bits per heavy atom. The first-order valence-corrected chi connectivity index (χ1v) is 11.8. The van der Waals surface area contributed by atoms with Crippen LogP contribution in [0.5, 0.6) is 0 Å².